The fourth-order valence-corrected chi connectivity index (χ4v) is 2.72. The van der Waals surface area contributed by atoms with Crippen LogP contribution in [0.2, 0.25) is 0 Å². The molecule has 0 bridgehead atoms. The molecule has 0 saturated carbocycles. The number of benzene rings is 2. The highest BCUT2D eigenvalue weighted by atomic mass is 35.5. The first-order valence-electron chi connectivity index (χ1n) is 8.58. The summed E-state index contributed by atoms with van der Waals surface area (Å²) in [6.45, 7) is 0.959. The van der Waals surface area contributed by atoms with E-state index in [1.165, 1.54) is 6.92 Å². The van der Waals surface area contributed by atoms with Gasteiger partial charge in [0.05, 0.1) is 6.04 Å². The molecule has 0 aliphatic heterocycles. The molecule has 0 heterocycles. The van der Waals surface area contributed by atoms with E-state index in [0.29, 0.717) is 12.1 Å². The Hall–Kier alpha value is -2.15. The number of rotatable bonds is 8. The molecule has 150 valence electrons. The largest absolute Gasteiger partial charge is 0.386 e. The van der Waals surface area contributed by atoms with Gasteiger partial charge in [-0.25, -0.2) is 4.39 Å². The number of hydrogen-bond donors (Lipinski definition) is 3. The second kappa shape index (κ2) is 10.4. The average molecular weight is 427 g/mol. The molecule has 2 rings (SSSR count). The van der Waals surface area contributed by atoms with Crippen molar-refractivity contribution in [3.63, 3.8) is 0 Å². The Labute approximate surface area is 172 Å². The zero-order chi connectivity index (χ0) is 20.7. The van der Waals surface area contributed by atoms with Gasteiger partial charge in [-0.05, 0) is 22.3 Å². The van der Waals surface area contributed by atoms with E-state index in [-0.39, 0.29) is 5.91 Å². The van der Waals surface area contributed by atoms with E-state index in [1.807, 2.05) is 24.3 Å². The Balaban J connectivity index is 2.07. The lowest BCUT2D eigenvalue weighted by atomic mass is 9.98. The van der Waals surface area contributed by atoms with Crippen LogP contribution < -0.4 is 10.6 Å². The molecule has 28 heavy (non-hydrogen) atoms. The molecule has 2 aromatic rings. The number of aliphatic hydroxyl groups excluding tert-OH is 1. The number of carbonyl (C=O) groups excluding carboxylic acids is 2. The van der Waals surface area contributed by atoms with E-state index in [9.17, 15) is 19.1 Å². The fraction of sp³-hybridized carbons (Fsp3) is 0.300. The highest BCUT2D eigenvalue weighted by Crippen LogP contribution is 2.24. The van der Waals surface area contributed by atoms with Crippen molar-refractivity contribution in [1.82, 2.24) is 10.6 Å². The van der Waals surface area contributed by atoms with Crippen molar-refractivity contribution in [2.75, 3.05) is 6.67 Å². The van der Waals surface area contributed by atoms with Crippen molar-refractivity contribution in [2.45, 2.75) is 30.5 Å². The van der Waals surface area contributed by atoms with Crippen molar-refractivity contribution < 1.29 is 19.1 Å². The van der Waals surface area contributed by atoms with Gasteiger partial charge in [-0.1, -0.05) is 71.7 Å². The summed E-state index contributed by atoms with van der Waals surface area (Å²) >= 11 is 10.9. The van der Waals surface area contributed by atoms with Gasteiger partial charge in [0.25, 0.3) is 5.91 Å². The number of halogens is 3. The lowest BCUT2D eigenvalue weighted by Crippen LogP contribution is -2.43. The molecule has 0 radical (unpaired) electrons. The van der Waals surface area contributed by atoms with Gasteiger partial charge in [-0.3, -0.25) is 9.59 Å². The van der Waals surface area contributed by atoms with Crippen LogP contribution in [-0.4, -0.2) is 34.5 Å². The molecule has 0 fully saturated rings. The van der Waals surface area contributed by atoms with Gasteiger partial charge in [0.15, 0.2) is 4.84 Å². The molecule has 0 saturated heterocycles. The molecule has 2 aromatic carbocycles. The molecule has 3 N–H and O–H groups in total. The Morgan fingerprint density at radius 1 is 1.04 bits per heavy atom. The lowest BCUT2D eigenvalue weighted by Gasteiger charge is -2.22. The summed E-state index contributed by atoms with van der Waals surface area (Å²) < 4.78 is 13.2. The highest BCUT2D eigenvalue weighted by molar-refractivity contribution is 6.53. The Kier molecular flexibility index (Phi) is 8.23. The van der Waals surface area contributed by atoms with Crippen LogP contribution in [-0.2, 0) is 16.1 Å². The number of carbonyl (C=O) groups is 2. The van der Waals surface area contributed by atoms with Crippen LogP contribution in [0.4, 0.5) is 4.39 Å². The maximum Gasteiger partial charge on any atom is 0.253 e. The van der Waals surface area contributed by atoms with Gasteiger partial charge in [0.2, 0.25) is 5.91 Å². The quantitative estimate of drug-likeness (QED) is 0.566. The molecule has 2 amide bonds. The van der Waals surface area contributed by atoms with E-state index in [0.717, 1.165) is 16.7 Å². The maximum absolute atomic E-state index is 13.2. The third kappa shape index (κ3) is 6.19. The minimum atomic E-state index is -1.34. The summed E-state index contributed by atoms with van der Waals surface area (Å²) in [5, 5.41) is 15.3. The Bertz CT molecular complexity index is 798. The summed E-state index contributed by atoms with van der Waals surface area (Å²) in [5.74, 6) is -0.852. The zero-order valence-electron chi connectivity index (χ0n) is 15.2. The van der Waals surface area contributed by atoms with Crippen molar-refractivity contribution in [3.8, 4) is 11.1 Å². The predicted octanol–water partition coefficient (Wildman–Crippen LogP) is 3.28. The van der Waals surface area contributed by atoms with Crippen molar-refractivity contribution in [2.24, 2.45) is 0 Å². The molecule has 5 nitrogen and oxygen atoms in total. The van der Waals surface area contributed by atoms with Gasteiger partial charge >= 0.3 is 0 Å². The van der Waals surface area contributed by atoms with Crippen molar-refractivity contribution in [3.05, 3.63) is 59.7 Å². The minimum absolute atomic E-state index is 0.0892. The lowest BCUT2D eigenvalue weighted by molar-refractivity contribution is -0.121. The van der Waals surface area contributed by atoms with E-state index in [1.54, 1.807) is 24.3 Å². The van der Waals surface area contributed by atoms with Crippen LogP contribution in [0, 0.1) is 0 Å². The number of amides is 2. The molecule has 8 heteroatoms. The van der Waals surface area contributed by atoms with Crippen LogP contribution >= 0.6 is 23.2 Å². The summed E-state index contributed by atoms with van der Waals surface area (Å²) in [4.78, 5) is 21.1. The predicted molar refractivity (Wildman–Crippen MR) is 108 cm³/mol. The van der Waals surface area contributed by atoms with Crippen molar-refractivity contribution >= 4 is 35.0 Å². The Morgan fingerprint density at radius 3 is 2.04 bits per heavy atom. The molecule has 0 spiro atoms. The second-order valence-electron chi connectivity index (χ2n) is 6.24. The molecular formula is C20H21Cl2FN2O3. The van der Waals surface area contributed by atoms with Crippen LogP contribution in [0.1, 0.15) is 24.2 Å². The van der Waals surface area contributed by atoms with E-state index < -0.39 is 29.6 Å². The van der Waals surface area contributed by atoms with E-state index in [4.69, 9.17) is 23.2 Å². The molecule has 0 aliphatic rings. The number of alkyl halides is 3. The average Bonchev–Trinajstić information content (AvgIpc) is 2.70. The summed E-state index contributed by atoms with van der Waals surface area (Å²) in [7, 11) is 0. The van der Waals surface area contributed by atoms with E-state index in [2.05, 4.69) is 10.6 Å². The molecule has 0 aromatic heterocycles. The third-order valence-corrected chi connectivity index (χ3v) is 4.55. The number of nitrogens with one attached hydrogen (secondary N) is 2. The Morgan fingerprint density at radius 2 is 1.57 bits per heavy atom. The smallest absolute Gasteiger partial charge is 0.253 e. The van der Waals surface area contributed by atoms with Gasteiger partial charge in [-0.15, -0.1) is 0 Å². The topological polar surface area (TPSA) is 78.4 Å². The second-order valence-corrected chi connectivity index (χ2v) is 7.34. The summed E-state index contributed by atoms with van der Waals surface area (Å²) in [6.07, 6.45) is -1.24. The fourth-order valence-electron chi connectivity index (χ4n) is 2.59. The van der Waals surface area contributed by atoms with Gasteiger partial charge < -0.3 is 15.7 Å². The molecular weight excluding hydrogens is 406 g/mol. The van der Waals surface area contributed by atoms with Crippen molar-refractivity contribution in [1.29, 1.82) is 0 Å². The standard InChI is InChI=1S/C20H21Cl2FN2O3/c1-12(26)24-11-13-2-4-14(5-3-13)15-6-8-16(9-7-15)18(27)17(10-23)25-20(28)19(21)22/h2-9,17-19,27H,10-11H2,1H3,(H,24,26)(H,25,28). The first kappa shape index (κ1) is 22.1. The molecule has 0 aliphatic carbocycles. The number of aliphatic hydroxyl groups is 1. The normalized spacial score (nSPS) is 13.1. The SMILES string of the molecule is CC(=O)NCc1ccc(-c2ccc(C(O)C(CF)NC(=O)C(Cl)Cl)cc2)cc1. The monoisotopic (exact) mass is 426 g/mol. The third-order valence-electron chi connectivity index (χ3n) is 4.15. The van der Waals surface area contributed by atoms with Gasteiger partial charge in [0, 0.05) is 13.5 Å². The first-order chi connectivity index (χ1) is 13.3. The first-order valence-corrected chi connectivity index (χ1v) is 9.45. The summed E-state index contributed by atoms with van der Waals surface area (Å²) in [6, 6.07) is 13.5. The highest BCUT2D eigenvalue weighted by Gasteiger charge is 2.25. The molecule has 2 atom stereocenters. The van der Waals surface area contributed by atoms with E-state index >= 15 is 0 Å². The van der Waals surface area contributed by atoms with Gasteiger partial charge in [-0.2, -0.15) is 0 Å². The maximum atomic E-state index is 13.2. The van der Waals surface area contributed by atoms with Gasteiger partial charge in [0.1, 0.15) is 12.8 Å². The number of hydrogen-bond acceptors (Lipinski definition) is 3. The zero-order valence-corrected chi connectivity index (χ0v) is 16.7. The van der Waals surface area contributed by atoms with Crippen LogP contribution in [0.3, 0.4) is 0 Å². The summed E-state index contributed by atoms with van der Waals surface area (Å²) in [5.41, 5.74) is 3.29. The van der Waals surface area contributed by atoms with Crippen LogP contribution in [0.5, 0.6) is 0 Å². The molecule has 2 unspecified atom stereocenters. The minimum Gasteiger partial charge on any atom is -0.386 e. The van der Waals surface area contributed by atoms with Crippen LogP contribution in [0.15, 0.2) is 48.5 Å². The van der Waals surface area contributed by atoms with Crippen LogP contribution in [0.25, 0.3) is 11.1 Å².